The van der Waals surface area contributed by atoms with Gasteiger partial charge in [-0.1, -0.05) is 0 Å². The largest absolute Gasteiger partial charge is 0.396 e. The highest BCUT2D eigenvalue weighted by Crippen LogP contribution is 2.29. The molecule has 1 aliphatic heterocycles. The molecular formula is C17H31N5O. The molecule has 1 saturated heterocycles. The van der Waals surface area contributed by atoms with Crippen molar-refractivity contribution < 1.29 is 5.11 Å². The monoisotopic (exact) mass is 321 g/mol. The van der Waals surface area contributed by atoms with E-state index in [-0.39, 0.29) is 6.61 Å². The molecule has 0 radical (unpaired) electrons. The summed E-state index contributed by atoms with van der Waals surface area (Å²) in [6.07, 6.45) is 1.81. The second-order valence-corrected chi connectivity index (χ2v) is 7.09. The Morgan fingerprint density at radius 2 is 1.87 bits per heavy atom. The van der Waals surface area contributed by atoms with Crippen LogP contribution in [0.2, 0.25) is 0 Å². The molecule has 1 aliphatic rings. The lowest BCUT2D eigenvalue weighted by molar-refractivity contribution is 0.171. The molecule has 0 aliphatic carbocycles. The number of aromatic nitrogens is 2. The molecule has 0 saturated carbocycles. The molecule has 0 spiro atoms. The van der Waals surface area contributed by atoms with Gasteiger partial charge < -0.3 is 19.8 Å². The molecule has 1 N–H and O–H groups in total. The Balaban J connectivity index is 2.01. The molecule has 23 heavy (non-hydrogen) atoms. The number of hydrogen-bond donors (Lipinski definition) is 1. The second-order valence-electron chi connectivity index (χ2n) is 7.09. The molecule has 130 valence electrons. The summed E-state index contributed by atoms with van der Waals surface area (Å²) in [5, 5.41) is 9.77. The minimum absolute atomic E-state index is 0.237. The van der Waals surface area contributed by atoms with Gasteiger partial charge in [-0.2, -0.15) is 0 Å². The highest BCUT2D eigenvalue weighted by molar-refractivity contribution is 5.44. The van der Waals surface area contributed by atoms with Crippen LogP contribution in [0.1, 0.15) is 11.4 Å². The maximum atomic E-state index is 9.77. The zero-order valence-corrected chi connectivity index (χ0v) is 15.2. The second kappa shape index (κ2) is 8.04. The Hall–Kier alpha value is -1.24. The van der Waals surface area contributed by atoms with Gasteiger partial charge in [0.25, 0.3) is 0 Å². The lowest BCUT2D eigenvalue weighted by Crippen LogP contribution is -2.35. The van der Waals surface area contributed by atoms with Crippen molar-refractivity contribution in [2.45, 2.75) is 13.8 Å². The first-order chi connectivity index (χ1) is 10.9. The molecule has 1 fully saturated rings. The van der Waals surface area contributed by atoms with Crippen LogP contribution in [0.4, 0.5) is 5.82 Å². The van der Waals surface area contributed by atoms with Crippen LogP contribution in [-0.2, 0) is 0 Å². The van der Waals surface area contributed by atoms with Crippen molar-refractivity contribution in [1.82, 2.24) is 19.8 Å². The third kappa shape index (κ3) is 4.86. The van der Waals surface area contributed by atoms with Gasteiger partial charge in [0, 0.05) is 51.4 Å². The van der Waals surface area contributed by atoms with Gasteiger partial charge in [0.1, 0.15) is 5.82 Å². The van der Waals surface area contributed by atoms with Crippen molar-refractivity contribution in [1.29, 1.82) is 0 Å². The first-order valence-electron chi connectivity index (χ1n) is 8.40. The first kappa shape index (κ1) is 18.1. The highest BCUT2D eigenvalue weighted by atomic mass is 16.3. The van der Waals surface area contributed by atoms with Crippen LogP contribution in [0.25, 0.3) is 0 Å². The summed E-state index contributed by atoms with van der Waals surface area (Å²) in [6.45, 7) is 9.13. The zero-order chi connectivity index (χ0) is 17.0. The van der Waals surface area contributed by atoms with Crippen molar-refractivity contribution in [3.05, 3.63) is 17.6 Å². The van der Waals surface area contributed by atoms with E-state index in [1.54, 1.807) is 0 Å². The number of rotatable bonds is 7. The number of likely N-dealkylation sites (N-methyl/N-ethyl adjacent to an activating group) is 2. The molecule has 1 aromatic rings. The number of hydrogen-bond acceptors (Lipinski definition) is 6. The van der Waals surface area contributed by atoms with Crippen molar-refractivity contribution in [2.24, 2.45) is 11.8 Å². The Bertz CT molecular complexity index is 508. The molecule has 0 amide bonds. The lowest BCUT2D eigenvalue weighted by Gasteiger charge is -2.25. The number of aliphatic hydroxyl groups is 1. The van der Waals surface area contributed by atoms with Crippen molar-refractivity contribution >= 4 is 5.82 Å². The van der Waals surface area contributed by atoms with E-state index in [0.29, 0.717) is 11.8 Å². The normalized spacial score (nSPS) is 21.7. The van der Waals surface area contributed by atoms with E-state index in [0.717, 1.165) is 49.9 Å². The number of aliphatic hydroxyl groups excluding tert-OH is 1. The van der Waals surface area contributed by atoms with Gasteiger partial charge in [-0.05, 0) is 40.9 Å². The highest BCUT2D eigenvalue weighted by Gasteiger charge is 2.34. The summed E-state index contributed by atoms with van der Waals surface area (Å²) >= 11 is 0. The topological polar surface area (TPSA) is 55.7 Å². The Labute approximate surface area is 140 Å². The van der Waals surface area contributed by atoms with Gasteiger partial charge in [-0.3, -0.25) is 4.98 Å². The van der Waals surface area contributed by atoms with Crippen LogP contribution < -0.4 is 4.90 Å². The Morgan fingerprint density at radius 3 is 2.52 bits per heavy atom. The van der Waals surface area contributed by atoms with Crippen LogP contribution in [-0.4, -0.2) is 85.3 Å². The quantitative estimate of drug-likeness (QED) is 0.795. The summed E-state index contributed by atoms with van der Waals surface area (Å²) in [6, 6.07) is 0. The number of aryl methyl sites for hydroxylation is 2. The fourth-order valence-electron chi connectivity index (χ4n) is 3.21. The third-order valence-corrected chi connectivity index (χ3v) is 4.64. The molecule has 6 nitrogen and oxygen atoms in total. The molecule has 2 rings (SSSR count). The molecule has 0 aromatic carbocycles. The van der Waals surface area contributed by atoms with Crippen molar-refractivity contribution in [3.63, 3.8) is 0 Å². The molecule has 6 heteroatoms. The number of anilines is 1. The summed E-state index contributed by atoms with van der Waals surface area (Å²) in [5.74, 6) is 1.74. The van der Waals surface area contributed by atoms with E-state index >= 15 is 0 Å². The lowest BCUT2D eigenvalue weighted by atomic mass is 9.96. The molecule has 2 heterocycles. The van der Waals surface area contributed by atoms with Gasteiger partial charge in [0.15, 0.2) is 0 Å². The minimum atomic E-state index is 0.237. The minimum Gasteiger partial charge on any atom is -0.396 e. The fourth-order valence-corrected chi connectivity index (χ4v) is 3.21. The van der Waals surface area contributed by atoms with E-state index in [2.05, 4.69) is 45.8 Å². The van der Waals surface area contributed by atoms with Crippen molar-refractivity contribution in [3.8, 4) is 0 Å². The predicted octanol–water partition coefficient (Wildman–Crippen LogP) is 0.632. The molecule has 0 unspecified atom stereocenters. The molecule has 1 aromatic heterocycles. The van der Waals surface area contributed by atoms with Gasteiger partial charge in [-0.15, -0.1) is 0 Å². The van der Waals surface area contributed by atoms with Gasteiger partial charge in [-0.25, -0.2) is 4.98 Å². The van der Waals surface area contributed by atoms with Crippen LogP contribution in [0.5, 0.6) is 0 Å². The van der Waals surface area contributed by atoms with Crippen LogP contribution in [0.3, 0.4) is 0 Å². The predicted molar refractivity (Wildman–Crippen MR) is 93.8 cm³/mol. The van der Waals surface area contributed by atoms with E-state index in [1.807, 2.05) is 20.0 Å². The standard InChI is InChI=1S/C17H31N5O/c1-13-8-18-14(2)17(19-13)22-10-15(16(11-22)12-23)9-21(5)7-6-20(3)4/h8,15-16,23H,6-7,9-12H2,1-5H3/t15-,16-/m1/s1. The maximum Gasteiger partial charge on any atom is 0.150 e. The summed E-state index contributed by atoms with van der Waals surface area (Å²) < 4.78 is 0. The first-order valence-corrected chi connectivity index (χ1v) is 8.40. The van der Waals surface area contributed by atoms with Gasteiger partial charge in [0.2, 0.25) is 0 Å². The van der Waals surface area contributed by atoms with Gasteiger partial charge >= 0.3 is 0 Å². The number of nitrogens with zero attached hydrogens (tertiary/aromatic N) is 5. The average molecular weight is 321 g/mol. The van der Waals surface area contributed by atoms with E-state index in [4.69, 9.17) is 0 Å². The SMILES string of the molecule is Cc1cnc(C)c(N2C[C@@H](CN(C)CCN(C)C)[C@@H](CO)C2)n1. The third-order valence-electron chi connectivity index (χ3n) is 4.64. The van der Waals surface area contributed by atoms with Crippen LogP contribution in [0.15, 0.2) is 6.20 Å². The van der Waals surface area contributed by atoms with E-state index in [9.17, 15) is 5.11 Å². The Morgan fingerprint density at radius 1 is 1.17 bits per heavy atom. The van der Waals surface area contributed by atoms with E-state index in [1.165, 1.54) is 0 Å². The summed E-state index contributed by atoms with van der Waals surface area (Å²) in [5.41, 5.74) is 1.91. The maximum absolute atomic E-state index is 9.77. The average Bonchev–Trinajstić information content (AvgIpc) is 2.90. The van der Waals surface area contributed by atoms with Crippen LogP contribution in [0, 0.1) is 25.7 Å². The summed E-state index contributed by atoms with van der Waals surface area (Å²) in [7, 11) is 6.36. The molecule has 0 bridgehead atoms. The van der Waals surface area contributed by atoms with Crippen molar-refractivity contribution in [2.75, 3.05) is 65.4 Å². The van der Waals surface area contributed by atoms with Crippen LogP contribution >= 0.6 is 0 Å². The molecular weight excluding hydrogens is 290 g/mol. The molecule has 2 atom stereocenters. The van der Waals surface area contributed by atoms with Gasteiger partial charge in [0.05, 0.1) is 11.4 Å². The smallest absolute Gasteiger partial charge is 0.150 e. The zero-order valence-electron chi connectivity index (χ0n) is 15.2. The summed E-state index contributed by atoms with van der Waals surface area (Å²) in [4.78, 5) is 15.9. The fraction of sp³-hybridized carbons (Fsp3) is 0.765. The van der Waals surface area contributed by atoms with E-state index < -0.39 is 0 Å². The Kier molecular flexibility index (Phi) is 6.33.